The van der Waals surface area contributed by atoms with Crippen LogP contribution in [0.2, 0.25) is 0 Å². The highest BCUT2D eigenvalue weighted by Crippen LogP contribution is 2.15. The third-order valence-corrected chi connectivity index (χ3v) is 3.04. The van der Waals surface area contributed by atoms with Gasteiger partial charge in [-0.25, -0.2) is 4.98 Å². The number of hydrogen-bond donors (Lipinski definition) is 2. The summed E-state index contributed by atoms with van der Waals surface area (Å²) in [5.74, 6) is 0.794. The number of aromatic nitrogens is 1. The molecular weight excluding hydrogens is 234 g/mol. The molecule has 0 saturated carbocycles. The van der Waals surface area contributed by atoms with E-state index in [0.29, 0.717) is 12.3 Å². The van der Waals surface area contributed by atoms with Crippen molar-refractivity contribution in [3.05, 3.63) is 35.3 Å². The van der Waals surface area contributed by atoms with E-state index in [0.717, 1.165) is 23.1 Å². The first-order valence-electron chi connectivity index (χ1n) is 5.38. The van der Waals surface area contributed by atoms with Crippen molar-refractivity contribution in [2.75, 3.05) is 24.2 Å². The number of thiazole rings is 1. The van der Waals surface area contributed by atoms with Crippen molar-refractivity contribution in [1.82, 2.24) is 4.98 Å². The van der Waals surface area contributed by atoms with Gasteiger partial charge < -0.3 is 15.8 Å². The molecular formula is C12H15N3OS. The quantitative estimate of drug-likeness (QED) is 0.631. The van der Waals surface area contributed by atoms with E-state index in [-0.39, 0.29) is 0 Å². The fourth-order valence-electron chi connectivity index (χ4n) is 1.37. The first-order valence-corrected chi connectivity index (χ1v) is 6.26. The van der Waals surface area contributed by atoms with Crippen LogP contribution in [0.15, 0.2) is 29.6 Å². The summed E-state index contributed by atoms with van der Waals surface area (Å²) in [4.78, 5) is 4.30. The van der Waals surface area contributed by atoms with Crippen molar-refractivity contribution in [2.45, 2.75) is 6.92 Å². The molecule has 2 aromatic rings. The van der Waals surface area contributed by atoms with Gasteiger partial charge in [0.1, 0.15) is 12.4 Å². The molecule has 2 rings (SSSR count). The SMILES string of the molecule is Cc1csc(NCCOc2cccc(N)c2)n1. The van der Waals surface area contributed by atoms with Gasteiger partial charge in [0.15, 0.2) is 5.13 Å². The highest BCUT2D eigenvalue weighted by molar-refractivity contribution is 7.13. The highest BCUT2D eigenvalue weighted by Gasteiger charge is 1.97. The predicted octanol–water partition coefficient (Wildman–Crippen LogP) is 2.52. The second-order valence-electron chi connectivity index (χ2n) is 3.64. The highest BCUT2D eigenvalue weighted by atomic mass is 32.1. The Morgan fingerprint density at radius 2 is 2.35 bits per heavy atom. The first-order chi connectivity index (χ1) is 8.24. The molecule has 0 aliphatic carbocycles. The molecule has 4 nitrogen and oxygen atoms in total. The first kappa shape index (κ1) is 11.7. The second-order valence-corrected chi connectivity index (χ2v) is 4.50. The van der Waals surface area contributed by atoms with Crippen LogP contribution in [-0.4, -0.2) is 18.1 Å². The molecule has 0 unspecified atom stereocenters. The molecule has 0 atom stereocenters. The lowest BCUT2D eigenvalue weighted by Gasteiger charge is -2.07. The number of anilines is 2. The Kier molecular flexibility index (Phi) is 3.82. The minimum Gasteiger partial charge on any atom is -0.492 e. The Morgan fingerprint density at radius 3 is 3.06 bits per heavy atom. The molecule has 0 bridgehead atoms. The topological polar surface area (TPSA) is 60.2 Å². The molecule has 1 aromatic carbocycles. The molecule has 0 radical (unpaired) electrons. The third kappa shape index (κ3) is 3.64. The number of aryl methyl sites for hydroxylation is 1. The second kappa shape index (κ2) is 5.54. The fourth-order valence-corrected chi connectivity index (χ4v) is 2.08. The molecule has 1 aromatic heterocycles. The predicted molar refractivity (Wildman–Crippen MR) is 71.7 cm³/mol. The summed E-state index contributed by atoms with van der Waals surface area (Å²) in [6.07, 6.45) is 0. The van der Waals surface area contributed by atoms with Gasteiger partial charge in [-0.2, -0.15) is 0 Å². The summed E-state index contributed by atoms with van der Waals surface area (Å²) in [5.41, 5.74) is 7.40. The van der Waals surface area contributed by atoms with Gasteiger partial charge in [0.05, 0.1) is 12.2 Å². The van der Waals surface area contributed by atoms with Crippen LogP contribution in [0.3, 0.4) is 0 Å². The maximum atomic E-state index is 5.65. The molecule has 0 spiro atoms. The van der Waals surface area contributed by atoms with E-state index in [9.17, 15) is 0 Å². The maximum Gasteiger partial charge on any atom is 0.182 e. The molecule has 0 aliphatic rings. The van der Waals surface area contributed by atoms with Gasteiger partial charge in [-0.05, 0) is 19.1 Å². The summed E-state index contributed by atoms with van der Waals surface area (Å²) < 4.78 is 5.55. The van der Waals surface area contributed by atoms with E-state index < -0.39 is 0 Å². The van der Waals surface area contributed by atoms with E-state index >= 15 is 0 Å². The van der Waals surface area contributed by atoms with Crippen molar-refractivity contribution < 1.29 is 4.74 Å². The Hall–Kier alpha value is -1.75. The van der Waals surface area contributed by atoms with E-state index in [2.05, 4.69) is 10.3 Å². The van der Waals surface area contributed by atoms with Gasteiger partial charge in [-0.3, -0.25) is 0 Å². The smallest absolute Gasteiger partial charge is 0.182 e. The molecule has 5 heteroatoms. The molecule has 90 valence electrons. The summed E-state index contributed by atoms with van der Waals surface area (Å²) in [5, 5.41) is 6.15. The number of nitrogens with one attached hydrogen (secondary N) is 1. The fraction of sp³-hybridized carbons (Fsp3) is 0.250. The van der Waals surface area contributed by atoms with Crippen LogP contribution in [-0.2, 0) is 0 Å². The van der Waals surface area contributed by atoms with Crippen LogP contribution in [0.4, 0.5) is 10.8 Å². The normalized spacial score (nSPS) is 10.2. The van der Waals surface area contributed by atoms with Crippen LogP contribution in [0.5, 0.6) is 5.75 Å². The van der Waals surface area contributed by atoms with Crippen LogP contribution in [0.1, 0.15) is 5.69 Å². The number of nitrogen functional groups attached to an aromatic ring is 1. The van der Waals surface area contributed by atoms with E-state index in [4.69, 9.17) is 10.5 Å². The van der Waals surface area contributed by atoms with E-state index in [1.165, 1.54) is 0 Å². The van der Waals surface area contributed by atoms with Crippen LogP contribution < -0.4 is 15.8 Å². The lowest BCUT2D eigenvalue weighted by Crippen LogP contribution is -2.11. The maximum absolute atomic E-state index is 5.65. The number of nitrogens with zero attached hydrogens (tertiary/aromatic N) is 1. The molecule has 3 N–H and O–H groups in total. The third-order valence-electron chi connectivity index (χ3n) is 2.12. The van der Waals surface area contributed by atoms with Crippen molar-refractivity contribution in [2.24, 2.45) is 0 Å². The van der Waals surface area contributed by atoms with Crippen molar-refractivity contribution in [3.8, 4) is 5.75 Å². The average molecular weight is 249 g/mol. The van der Waals surface area contributed by atoms with Gasteiger partial charge in [0, 0.05) is 17.1 Å². The molecule has 17 heavy (non-hydrogen) atoms. The van der Waals surface area contributed by atoms with Gasteiger partial charge in [0.25, 0.3) is 0 Å². The van der Waals surface area contributed by atoms with Gasteiger partial charge in [0.2, 0.25) is 0 Å². The Labute approximate surface area is 104 Å². The van der Waals surface area contributed by atoms with Crippen molar-refractivity contribution in [3.63, 3.8) is 0 Å². The van der Waals surface area contributed by atoms with Crippen molar-refractivity contribution >= 4 is 22.2 Å². The Balaban J connectivity index is 1.73. The summed E-state index contributed by atoms with van der Waals surface area (Å²) >= 11 is 1.60. The van der Waals surface area contributed by atoms with Crippen LogP contribution >= 0.6 is 11.3 Å². The minimum absolute atomic E-state index is 0.585. The largest absolute Gasteiger partial charge is 0.492 e. The standard InChI is InChI=1S/C12H15N3OS/c1-9-8-17-12(15-9)14-5-6-16-11-4-2-3-10(13)7-11/h2-4,7-8H,5-6,13H2,1H3,(H,14,15). The van der Waals surface area contributed by atoms with E-state index in [1.54, 1.807) is 11.3 Å². The lowest BCUT2D eigenvalue weighted by molar-refractivity contribution is 0.333. The Bertz CT molecular complexity index is 484. The minimum atomic E-state index is 0.585. The van der Waals surface area contributed by atoms with Gasteiger partial charge in [-0.1, -0.05) is 6.07 Å². The molecule has 1 heterocycles. The molecule has 0 saturated heterocycles. The number of hydrogen-bond acceptors (Lipinski definition) is 5. The number of ether oxygens (including phenoxy) is 1. The summed E-state index contributed by atoms with van der Waals surface area (Å²) in [6, 6.07) is 7.42. The molecule has 0 amide bonds. The lowest BCUT2D eigenvalue weighted by atomic mass is 10.3. The zero-order valence-corrected chi connectivity index (χ0v) is 10.5. The molecule has 0 fully saturated rings. The summed E-state index contributed by atoms with van der Waals surface area (Å²) in [6.45, 7) is 3.29. The number of rotatable bonds is 5. The zero-order chi connectivity index (χ0) is 12.1. The monoisotopic (exact) mass is 249 g/mol. The van der Waals surface area contributed by atoms with Gasteiger partial charge >= 0.3 is 0 Å². The Morgan fingerprint density at radius 1 is 1.47 bits per heavy atom. The molecule has 0 aliphatic heterocycles. The van der Waals surface area contributed by atoms with Gasteiger partial charge in [-0.15, -0.1) is 11.3 Å². The van der Waals surface area contributed by atoms with Crippen LogP contribution in [0, 0.1) is 6.92 Å². The number of nitrogens with two attached hydrogens (primary N) is 1. The zero-order valence-electron chi connectivity index (χ0n) is 9.64. The number of benzene rings is 1. The average Bonchev–Trinajstić information content (AvgIpc) is 2.71. The van der Waals surface area contributed by atoms with Crippen molar-refractivity contribution in [1.29, 1.82) is 0 Å². The van der Waals surface area contributed by atoms with E-state index in [1.807, 2.05) is 36.6 Å². The van der Waals surface area contributed by atoms with Crippen LogP contribution in [0.25, 0.3) is 0 Å². The summed E-state index contributed by atoms with van der Waals surface area (Å²) in [7, 11) is 0.